The van der Waals surface area contributed by atoms with E-state index in [2.05, 4.69) is 36.8 Å². The van der Waals surface area contributed by atoms with E-state index in [1.165, 1.54) is 0 Å². The fraction of sp³-hybridized carbons (Fsp3) is 0.286. The van der Waals surface area contributed by atoms with Gasteiger partial charge in [0.05, 0.1) is 11.1 Å². The lowest BCUT2D eigenvalue weighted by molar-refractivity contribution is 0.337. The largest absolute Gasteiger partial charge is 0.493 e. The fourth-order valence-electron chi connectivity index (χ4n) is 0.669. The van der Waals surface area contributed by atoms with Crippen LogP contribution in [0.4, 0.5) is 0 Å². The lowest BCUT2D eigenvalue weighted by Crippen LogP contribution is -1.93. The molecule has 1 aromatic rings. The van der Waals surface area contributed by atoms with E-state index in [1.807, 2.05) is 13.0 Å². The zero-order valence-electron chi connectivity index (χ0n) is 5.97. The van der Waals surface area contributed by atoms with Crippen molar-refractivity contribution in [1.82, 2.24) is 4.98 Å². The Bertz CT molecular complexity index is 252. The van der Waals surface area contributed by atoms with Crippen molar-refractivity contribution in [3.63, 3.8) is 0 Å². The van der Waals surface area contributed by atoms with E-state index in [9.17, 15) is 0 Å². The molecule has 11 heavy (non-hydrogen) atoms. The number of nitrogens with zero attached hydrogens (tertiary/aromatic N) is 1. The van der Waals surface area contributed by atoms with Crippen LogP contribution >= 0.6 is 31.9 Å². The Kier molecular flexibility index (Phi) is 3.33. The van der Waals surface area contributed by atoms with Crippen LogP contribution in [-0.2, 0) is 0 Å². The highest BCUT2D eigenvalue weighted by Crippen LogP contribution is 2.30. The van der Waals surface area contributed by atoms with Gasteiger partial charge in [0.15, 0.2) is 0 Å². The van der Waals surface area contributed by atoms with Gasteiger partial charge in [0, 0.05) is 6.20 Å². The third kappa shape index (κ3) is 2.17. The molecule has 2 nitrogen and oxygen atoms in total. The van der Waals surface area contributed by atoms with Gasteiger partial charge in [-0.3, -0.25) is 0 Å². The summed E-state index contributed by atoms with van der Waals surface area (Å²) in [6.07, 6.45) is 1.69. The van der Waals surface area contributed by atoms with Gasteiger partial charge in [0.2, 0.25) is 0 Å². The molecule has 1 aromatic heterocycles. The summed E-state index contributed by atoms with van der Waals surface area (Å²) in [5.41, 5.74) is 0. The zero-order chi connectivity index (χ0) is 8.27. The maximum absolute atomic E-state index is 5.30. The summed E-state index contributed by atoms with van der Waals surface area (Å²) >= 11 is 6.62. The van der Waals surface area contributed by atoms with Crippen LogP contribution in [0.2, 0.25) is 0 Å². The van der Waals surface area contributed by atoms with Crippen LogP contribution < -0.4 is 4.74 Å². The second-order valence-corrected chi connectivity index (χ2v) is 3.39. The van der Waals surface area contributed by atoms with E-state index in [0.29, 0.717) is 6.61 Å². The minimum Gasteiger partial charge on any atom is -0.493 e. The summed E-state index contributed by atoms with van der Waals surface area (Å²) in [6, 6.07) is 1.82. The third-order valence-corrected chi connectivity index (χ3v) is 3.01. The molecule has 0 saturated carbocycles. The number of halogens is 2. The molecule has 0 aliphatic rings. The van der Waals surface area contributed by atoms with Gasteiger partial charge >= 0.3 is 0 Å². The van der Waals surface area contributed by atoms with Gasteiger partial charge in [-0.15, -0.1) is 0 Å². The number of pyridine rings is 1. The van der Waals surface area contributed by atoms with Crippen molar-refractivity contribution in [2.45, 2.75) is 6.92 Å². The van der Waals surface area contributed by atoms with Gasteiger partial charge < -0.3 is 4.74 Å². The lowest BCUT2D eigenvalue weighted by Gasteiger charge is -2.04. The molecular weight excluding hydrogens is 274 g/mol. The van der Waals surface area contributed by atoms with Crippen LogP contribution in [0.3, 0.4) is 0 Å². The Balaban J connectivity index is 2.96. The van der Waals surface area contributed by atoms with Crippen molar-refractivity contribution in [3.8, 4) is 5.75 Å². The van der Waals surface area contributed by atoms with Gasteiger partial charge in [-0.1, -0.05) is 0 Å². The first-order valence-electron chi connectivity index (χ1n) is 3.18. The average molecular weight is 281 g/mol. The van der Waals surface area contributed by atoms with Crippen molar-refractivity contribution in [2.24, 2.45) is 0 Å². The maximum atomic E-state index is 5.30. The molecule has 0 saturated heterocycles. The third-order valence-electron chi connectivity index (χ3n) is 1.11. The molecular formula is C7H7Br2NO. The van der Waals surface area contributed by atoms with E-state index in [0.717, 1.165) is 14.8 Å². The predicted octanol–water partition coefficient (Wildman–Crippen LogP) is 3.01. The number of ether oxygens (including phenoxy) is 1. The molecule has 0 spiro atoms. The molecule has 1 rings (SSSR count). The van der Waals surface area contributed by atoms with E-state index in [4.69, 9.17) is 4.74 Å². The Morgan fingerprint density at radius 3 is 2.91 bits per heavy atom. The van der Waals surface area contributed by atoms with Crippen LogP contribution in [0.1, 0.15) is 6.92 Å². The number of hydrogen-bond acceptors (Lipinski definition) is 2. The highest BCUT2D eigenvalue weighted by Gasteiger charge is 2.03. The smallest absolute Gasteiger partial charge is 0.137 e. The number of hydrogen-bond donors (Lipinski definition) is 0. The summed E-state index contributed by atoms with van der Waals surface area (Å²) in [4.78, 5) is 4.01. The predicted molar refractivity (Wildman–Crippen MR) is 50.8 cm³/mol. The SMILES string of the molecule is CCOc1ccnc(Br)c1Br. The maximum Gasteiger partial charge on any atom is 0.137 e. The standard InChI is InChI=1S/C7H7Br2NO/c1-2-11-5-3-4-10-7(9)6(5)8/h3-4H,2H2,1H3. The van der Waals surface area contributed by atoms with Gasteiger partial charge in [0.25, 0.3) is 0 Å². The molecule has 0 N–H and O–H groups in total. The molecule has 1 heterocycles. The Morgan fingerprint density at radius 1 is 1.55 bits per heavy atom. The lowest BCUT2D eigenvalue weighted by atomic mass is 10.4. The first-order valence-corrected chi connectivity index (χ1v) is 4.77. The van der Waals surface area contributed by atoms with Crippen molar-refractivity contribution in [3.05, 3.63) is 21.3 Å². The monoisotopic (exact) mass is 279 g/mol. The Labute approximate surface area is 82.2 Å². The van der Waals surface area contributed by atoms with Crippen molar-refractivity contribution in [1.29, 1.82) is 0 Å². The van der Waals surface area contributed by atoms with Gasteiger partial charge in [0.1, 0.15) is 10.4 Å². The van der Waals surface area contributed by atoms with E-state index >= 15 is 0 Å². The van der Waals surface area contributed by atoms with Crippen molar-refractivity contribution < 1.29 is 4.74 Å². The molecule has 0 radical (unpaired) electrons. The van der Waals surface area contributed by atoms with Crippen molar-refractivity contribution in [2.75, 3.05) is 6.61 Å². The fourth-order valence-corrected chi connectivity index (χ4v) is 1.33. The van der Waals surface area contributed by atoms with Crippen LogP contribution in [0.5, 0.6) is 5.75 Å². The van der Waals surface area contributed by atoms with Gasteiger partial charge in [-0.25, -0.2) is 4.98 Å². The number of aromatic nitrogens is 1. The quantitative estimate of drug-likeness (QED) is 0.777. The number of rotatable bonds is 2. The molecule has 0 unspecified atom stereocenters. The minimum absolute atomic E-state index is 0.662. The summed E-state index contributed by atoms with van der Waals surface area (Å²) in [7, 11) is 0. The summed E-state index contributed by atoms with van der Waals surface area (Å²) in [6.45, 7) is 2.61. The molecule has 0 aliphatic carbocycles. The van der Waals surface area contributed by atoms with Crippen LogP contribution in [-0.4, -0.2) is 11.6 Å². The molecule has 0 bridgehead atoms. The van der Waals surface area contributed by atoms with Crippen LogP contribution in [0, 0.1) is 0 Å². The van der Waals surface area contributed by atoms with E-state index < -0.39 is 0 Å². The summed E-state index contributed by atoms with van der Waals surface area (Å²) in [5.74, 6) is 0.814. The molecule has 0 amide bonds. The van der Waals surface area contributed by atoms with Crippen molar-refractivity contribution >= 4 is 31.9 Å². The summed E-state index contributed by atoms with van der Waals surface area (Å²) in [5, 5.41) is 0. The first-order chi connectivity index (χ1) is 5.25. The van der Waals surface area contributed by atoms with E-state index in [-0.39, 0.29) is 0 Å². The first kappa shape index (κ1) is 9.00. The topological polar surface area (TPSA) is 22.1 Å². The van der Waals surface area contributed by atoms with Gasteiger partial charge in [-0.2, -0.15) is 0 Å². The highest BCUT2D eigenvalue weighted by molar-refractivity contribution is 9.13. The van der Waals surface area contributed by atoms with E-state index in [1.54, 1.807) is 6.20 Å². The second kappa shape index (κ2) is 4.07. The molecule has 4 heteroatoms. The van der Waals surface area contributed by atoms with Crippen LogP contribution in [0.25, 0.3) is 0 Å². The zero-order valence-corrected chi connectivity index (χ0v) is 9.15. The molecule has 0 atom stereocenters. The average Bonchev–Trinajstić information content (AvgIpc) is 1.99. The normalized spacial score (nSPS) is 9.73. The molecule has 60 valence electrons. The second-order valence-electron chi connectivity index (χ2n) is 1.85. The molecule has 0 fully saturated rings. The Hall–Kier alpha value is -0.0900. The Morgan fingerprint density at radius 2 is 2.27 bits per heavy atom. The molecule has 0 aliphatic heterocycles. The summed E-state index contributed by atoms with van der Waals surface area (Å²) < 4.78 is 6.93. The van der Waals surface area contributed by atoms with Crippen LogP contribution in [0.15, 0.2) is 21.3 Å². The highest BCUT2D eigenvalue weighted by atomic mass is 79.9. The molecule has 0 aromatic carbocycles. The minimum atomic E-state index is 0.662. The van der Waals surface area contributed by atoms with Gasteiger partial charge in [-0.05, 0) is 44.8 Å².